The van der Waals surface area contributed by atoms with E-state index >= 15 is 0 Å². The molecule has 2 aliphatic carbocycles. The Kier molecular flexibility index (Phi) is 5.95. The molecule has 1 atom stereocenters. The number of benzene rings is 1. The van der Waals surface area contributed by atoms with Crippen LogP contribution in [0.2, 0.25) is 0 Å². The van der Waals surface area contributed by atoms with Crippen LogP contribution in [0, 0.1) is 5.92 Å². The van der Waals surface area contributed by atoms with Gasteiger partial charge in [0.15, 0.2) is 9.84 Å². The quantitative estimate of drug-likeness (QED) is 0.746. The Morgan fingerprint density at radius 3 is 2.43 bits per heavy atom. The van der Waals surface area contributed by atoms with Gasteiger partial charge in [0.2, 0.25) is 0 Å². The lowest BCUT2D eigenvalue weighted by Gasteiger charge is -2.25. The minimum Gasteiger partial charge on any atom is -0.480 e. The van der Waals surface area contributed by atoms with Crippen LogP contribution >= 0.6 is 0 Å². The molecule has 0 bridgehead atoms. The Balaban J connectivity index is 1.68. The van der Waals surface area contributed by atoms with E-state index in [9.17, 15) is 23.1 Å². The van der Waals surface area contributed by atoms with Gasteiger partial charge in [-0.05, 0) is 43.4 Å². The van der Waals surface area contributed by atoms with E-state index in [1.165, 1.54) is 35.5 Å². The maximum atomic E-state index is 13.0. The van der Waals surface area contributed by atoms with Crippen molar-refractivity contribution in [1.82, 2.24) is 9.55 Å². The van der Waals surface area contributed by atoms with Crippen LogP contribution < -0.4 is 5.56 Å². The highest BCUT2D eigenvalue weighted by atomic mass is 32.2. The van der Waals surface area contributed by atoms with Crippen molar-refractivity contribution in [3.63, 3.8) is 0 Å². The summed E-state index contributed by atoms with van der Waals surface area (Å²) in [7, 11) is -3.45. The molecule has 0 radical (unpaired) electrons. The number of carboxylic acid groups (broad SMARTS) is 1. The fourth-order valence-electron chi connectivity index (χ4n) is 4.98. The molecule has 1 heterocycles. The largest absolute Gasteiger partial charge is 0.480 e. The summed E-state index contributed by atoms with van der Waals surface area (Å²) in [4.78, 5) is 29.4. The summed E-state index contributed by atoms with van der Waals surface area (Å²) < 4.78 is 26.9. The zero-order valence-electron chi connectivity index (χ0n) is 17.0. The molecule has 2 fully saturated rings. The maximum absolute atomic E-state index is 13.0. The number of fused-ring (bicyclic) bond motifs is 1. The summed E-state index contributed by atoms with van der Waals surface area (Å²) >= 11 is 0. The molecule has 0 aliphatic heterocycles. The standard InChI is InChI=1S/C22H28N2O5S/c25-21-18-11-10-17(30(28,29)16-8-4-5-9-16)13-19(18)23-14-24(21)20(22(26)27)12-15-6-2-1-3-7-15/h10-11,13-16,20H,1-9,12H2,(H,26,27). The molecule has 2 aromatic rings. The van der Waals surface area contributed by atoms with Crippen molar-refractivity contribution < 1.29 is 18.3 Å². The van der Waals surface area contributed by atoms with Gasteiger partial charge in [0.1, 0.15) is 6.04 Å². The van der Waals surface area contributed by atoms with Crippen LogP contribution in [0.15, 0.2) is 34.2 Å². The predicted molar refractivity (Wildman–Crippen MR) is 113 cm³/mol. The Bertz CT molecular complexity index is 1100. The summed E-state index contributed by atoms with van der Waals surface area (Å²) in [6, 6.07) is 3.42. The lowest BCUT2D eigenvalue weighted by molar-refractivity contribution is -0.141. The van der Waals surface area contributed by atoms with Gasteiger partial charge in [-0.25, -0.2) is 18.2 Å². The fourth-order valence-corrected chi connectivity index (χ4v) is 6.85. The average Bonchev–Trinajstić information content (AvgIpc) is 3.29. The van der Waals surface area contributed by atoms with Crippen LogP contribution in [-0.4, -0.2) is 34.3 Å². The zero-order chi connectivity index (χ0) is 21.3. The first kappa shape index (κ1) is 21.0. The molecule has 1 N–H and O–H groups in total. The third-order valence-corrected chi connectivity index (χ3v) is 8.99. The summed E-state index contributed by atoms with van der Waals surface area (Å²) in [6.07, 6.45) is 10.2. The highest BCUT2D eigenvalue weighted by Crippen LogP contribution is 2.32. The van der Waals surface area contributed by atoms with Crippen LogP contribution in [-0.2, 0) is 14.6 Å². The second-order valence-corrected chi connectivity index (χ2v) is 10.9. The van der Waals surface area contributed by atoms with Crippen molar-refractivity contribution in [2.24, 2.45) is 5.92 Å². The smallest absolute Gasteiger partial charge is 0.326 e. The first-order valence-corrected chi connectivity index (χ1v) is 12.4. The Morgan fingerprint density at radius 2 is 1.77 bits per heavy atom. The van der Waals surface area contributed by atoms with E-state index in [1.807, 2.05) is 0 Å². The van der Waals surface area contributed by atoms with Crippen LogP contribution in [0.1, 0.15) is 70.3 Å². The number of nitrogens with zero attached hydrogens (tertiary/aromatic N) is 2. The highest BCUT2D eigenvalue weighted by molar-refractivity contribution is 7.92. The van der Waals surface area contributed by atoms with Gasteiger partial charge in [-0.2, -0.15) is 0 Å². The molecule has 30 heavy (non-hydrogen) atoms. The predicted octanol–water partition coefficient (Wildman–Crippen LogP) is 3.71. The van der Waals surface area contributed by atoms with Crippen molar-refractivity contribution in [1.29, 1.82) is 0 Å². The molecule has 1 aromatic heterocycles. The van der Waals surface area contributed by atoms with Crippen LogP contribution in [0.4, 0.5) is 0 Å². The van der Waals surface area contributed by atoms with Crippen LogP contribution in [0.3, 0.4) is 0 Å². The van der Waals surface area contributed by atoms with E-state index in [2.05, 4.69) is 4.98 Å². The van der Waals surface area contributed by atoms with E-state index in [1.54, 1.807) is 0 Å². The number of rotatable bonds is 6. The molecule has 2 saturated carbocycles. The average molecular weight is 433 g/mol. The molecule has 8 heteroatoms. The minimum atomic E-state index is -3.45. The number of carbonyl (C=O) groups is 1. The van der Waals surface area contributed by atoms with Crippen LogP contribution in [0.25, 0.3) is 10.9 Å². The van der Waals surface area contributed by atoms with E-state index in [-0.39, 0.29) is 21.0 Å². The topological polar surface area (TPSA) is 106 Å². The molecular weight excluding hydrogens is 404 g/mol. The molecule has 7 nitrogen and oxygen atoms in total. The van der Waals surface area contributed by atoms with Crippen molar-refractivity contribution >= 4 is 26.7 Å². The molecule has 1 aromatic carbocycles. The van der Waals surface area contributed by atoms with Gasteiger partial charge in [0, 0.05) is 0 Å². The number of sulfone groups is 1. The maximum Gasteiger partial charge on any atom is 0.326 e. The van der Waals surface area contributed by atoms with Crippen molar-refractivity contribution in [3.05, 3.63) is 34.9 Å². The number of aliphatic carboxylic acids is 1. The normalized spacial score (nSPS) is 19.9. The molecule has 0 saturated heterocycles. The SMILES string of the molecule is O=C(O)C(CC1CCCCC1)n1cnc2cc(S(=O)(=O)C3CCCC3)ccc2c1=O. The number of carboxylic acids is 1. The Hall–Kier alpha value is -2.22. The molecule has 4 rings (SSSR count). The monoisotopic (exact) mass is 432 g/mol. The number of hydrogen-bond donors (Lipinski definition) is 1. The third kappa shape index (κ3) is 4.02. The van der Waals surface area contributed by atoms with E-state index in [0.717, 1.165) is 38.5 Å². The summed E-state index contributed by atoms with van der Waals surface area (Å²) in [6.45, 7) is 0. The van der Waals surface area contributed by atoms with Crippen molar-refractivity contribution in [2.75, 3.05) is 0 Å². The second kappa shape index (κ2) is 8.49. The van der Waals surface area contributed by atoms with Gasteiger partial charge in [-0.15, -0.1) is 0 Å². The van der Waals surface area contributed by atoms with Gasteiger partial charge >= 0.3 is 5.97 Å². The summed E-state index contributed by atoms with van der Waals surface area (Å²) in [5, 5.41) is 9.63. The highest BCUT2D eigenvalue weighted by Gasteiger charge is 2.31. The van der Waals surface area contributed by atoms with Crippen molar-refractivity contribution in [2.45, 2.75) is 80.4 Å². The summed E-state index contributed by atoms with van der Waals surface area (Å²) in [5.41, 5.74) is -0.148. The number of hydrogen-bond acceptors (Lipinski definition) is 5. The lowest BCUT2D eigenvalue weighted by Crippen LogP contribution is -2.32. The van der Waals surface area contributed by atoms with E-state index in [4.69, 9.17) is 0 Å². The molecule has 2 aliphatic rings. The van der Waals surface area contributed by atoms with Gasteiger partial charge in [-0.1, -0.05) is 44.9 Å². The van der Waals surface area contributed by atoms with Gasteiger partial charge < -0.3 is 5.11 Å². The summed E-state index contributed by atoms with van der Waals surface area (Å²) in [5.74, 6) is -0.745. The number of aromatic nitrogens is 2. The molecule has 162 valence electrons. The molecule has 1 unspecified atom stereocenters. The van der Waals surface area contributed by atoms with E-state index in [0.29, 0.717) is 25.2 Å². The zero-order valence-corrected chi connectivity index (χ0v) is 17.8. The lowest BCUT2D eigenvalue weighted by atomic mass is 9.85. The first-order chi connectivity index (χ1) is 14.4. The van der Waals surface area contributed by atoms with E-state index < -0.39 is 27.4 Å². The van der Waals surface area contributed by atoms with Gasteiger partial charge in [-0.3, -0.25) is 9.36 Å². The van der Waals surface area contributed by atoms with Crippen LogP contribution in [0.5, 0.6) is 0 Å². The van der Waals surface area contributed by atoms with Crippen molar-refractivity contribution in [3.8, 4) is 0 Å². The molecular formula is C22H28N2O5S. The third-order valence-electron chi connectivity index (χ3n) is 6.73. The van der Waals surface area contributed by atoms with Gasteiger partial charge in [0.05, 0.1) is 27.4 Å². The Morgan fingerprint density at radius 1 is 1.10 bits per heavy atom. The minimum absolute atomic E-state index is 0.184. The molecule has 0 spiro atoms. The second-order valence-electron chi connectivity index (χ2n) is 8.68. The van der Waals surface area contributed by atoms with Gasteiger partial charge in [0.25, 0.3) is 5.56 Å². The fraction of sp³-hybridized carbons (Fsp3) is 0.591. The molecule has 0 amide bonds. The first-order valence-electron chi connectivity index (χ1n) is 10.9. The Labute approximate surface area is 176 Å².